The van der Waals surface area contributed by atoms with Crippen LogP contribution in [0.5, 0.6) is 5.75 Å². The number of carbonyl (C=O) groups excluding carboxylic acids is 1. The van der Waals surface area contributed by atoms with Gasteiger partial charge in [0.1, 0.15) is 5.75 Å². The molecule has 0 spiro atoms. The van der Waals surface area contributed by atoms with Crippen LogP contribution in [0.25, 0.3) is 5.53 Å². The van der Waals surface area contributed by atoms with Crippen molar-refractivity contribution in [3.8, 4) is 5.75 Å². The third-order valence-corrected chi connectivity index (χ3v) is 1.81. The summed E-state index contributed by atoms with van der Waals surface area (Å²) in [7, 11) is 1.10. The van der Waals surface area contributed by atoms with Crippen LogP contribution < -0.4 is 4.74 Å². The summed E-state index contributed by atoms with van der Waals surface area (Å²) in [5.74, 6) is -1.04. The summed E-state index contributed by atoms with van der Waals surface area (Å²) in [6.45, 7) is -2.97. The van der Waals surface area contributed by atoms with Gasteiger partial charge in [-0.25, -0.2) is 4.79 Å². The lowest BCUT2D eigenvalue weighted by Crippen LogP contribution is -2.18. The highest BCUT2D eigenvalue weighted by molar-refractivity contribution is 6.40. The minimum absolute atomic E-state index is 0.109. The van der Waals surface area contributed by atoms with Crippen LogP contribution in [0.1, 0.15) is 5.56 Å². The van der Waals surface area contributed by atoms with Gasteiger partial charge in [-0.15, -0.1) is 0 Å². The highest BCUT2D eigenvalue weighted by atomic mass is 19.3. The van der Waals surface area contributed by atoms with Gasteiger partial charge in [-0.1, -0.05) is 6.07 Å². The zero-order valence-corrected chi connectivity index (χ0v) is 8.76. The van der Waals surface area contributed by atoms with Crippen molar-refractivity contribution in [1.29, 1.82) is 0 Å². The molecule has 0 unspecified atom stereocenters. The lowest BCUT2D eigenvalue weighted by molar-refractivity contribution is -0.137. The fraction of sp³-hybridized carbons (Fsp3) is 0.200. The molecule has 0 aliphatic heterocycles. The van der Waals surface area contributed by atoms with Crippen molar-refractivity contribution >= 4 is 11.7 Å². The van der Waals surface area contributed by atoms with Crippen LogP contribution in [0.4, 0.5) is 8.78 Å². The van der Waals surface area contributed by atoms with E-state index in [4.69, 9.17) is 5.53 Å². The molecular formula is C10H8F2N2O3. The number of nitrogens with zero attached hydrogens (tertiary/aromatic N) is 2. The molecule has 90 valence electrons. The molecule has 0 fully saturated rings. The monoisotopic (exact) mass is 242 g/mol. The first-order valence-corrected chi connectivity index (χ1v) is 4.44. The highest BCUT2D eigenvalue weighted by Gasteiger charge is 2.24. The Morgan fingerprint density at radius 1 is 1.47 bits per heavy atom. The molecule has 0 aromatic heterocycles. The molecule has 0 aliphatic carbocycles. The Kier molecular flexibility index (Phi) is 4.30. The van der Waals surface area contributed by atoms with E-state index in [1.165, 1.54) is 18.2 Å². The van der Waals surface area contributed by atoms with Crippen LogP contribution in [0, 0.1) is 0 Å². The van der Waals surface area contributed by atoms with Gasteiger partial charge in [0, 0.05) is 0 Å². The molecule has 0 saturated carbocycles. The zero-order valence-electron chi connectivity index (χ0n) is 8.76. The second kappa shape index (κ2) is 5.72. The number of hydrogen-bond donors (Lipinski definition) is 0. The molecule has 0 heterocycles. The Balaban J connectivity index is 3.06. The van der Waals surface area contributed by atoms with E-state index in [0.29, 0.717) is 0 Å². The van der Waals surface area contributed by atoms with E-state index in [-0.39, 0.29) is 11.3 Å². The van der Waals surface area contributed by atoms with Gasteiger partial charge >= 0.3 is 18.3 Å². The van der Waals surface area contributed by atoms with Crippen LogP contribution in [0.15, 0.2) is 24.3 Å². The van der Waals surface area contributed by atoms with E-state index in [0.717, 1.165) is 13.2 Å². The van der Waals surface area contributed by atoms with E-state index in [1.807, 2.05) is 0 Å². The number of carbonyl (C=O) groups is 1. The smallest absolute Gasteiger partial charge is 0.422 e. The zero-order chi connectivity index (χ0) is 12.8. The third kappa shape index (κ3) is 3.35. The van der Waals surface area contributed by atoms with E-state index in [2.05, 4.69) is 14.3 Å². The van der Waals surface area contributed by atoms with E-state index in [1.54, 1.807) is 0 Å². The number of halogens is 2. The molecule has 0 aliphatic rings. The van der Waals surface area contributed by atoms with Gasteiger partial charge in [-0.2, -0.15) is 13.6 Å². The maximum Gasteiger partial charge on any atom is 0.422 e. The molecule has 5 nitrogen and oxygen atoms in total. The maximum absolute atomic E-state index is 12.0. The summed E-state index contributed by atoms with van der Waals surface area (Å²) in [5, 5.41) is 0. The van der Waals surface area contributed by atoms with Gasteiger partial charge in [-0.05, 0) is 18.2 Å². The van der Waals surface area contributed by atoms with Gasteiger partial charge in [-0.3, -0.25) is 0 Å². The maximum atomic E-state index is 12.0. The Morgan fingerprint density at radius 2 is 2.18 bits per heavy atom. The van der Waals surface area contributed by atoms with Gasteiger partial charge < -0.3 is 15.0 Å². The van der Waals surface area contributed by atoms with Crippen molar-refractivity contribution < 1.29 is 27.8 Å². The Hall–Kier alpha value is -2.27. The van der Waals surface area contributed by atoms with E-state index in [9.17, 15) is 13.6 Å². The first-order valence-electron chi connectivity index (χ1n) is 4.44. The predicted molar refractivity (Wildman–Crippen MR) is 52.8 cm³/mol. The van der Waals surface area contributed by atoms with E-state index >= 15 is 0 Å². The number of ether oxygens (including phenoxy) is 2. The minimum Gasteiger partial charge on any atom is -0.460 e. The van der Waals surface area contributed by atoms with Gasteiger partial charge in [0.2, 0.25) is 0 Å². The summed E-state index contributed by atoms with van der Waals surface area (Å²) in [6.07, 6.45) is 0. The Morgan fingerprint density at radius 3 is 2.71 bits per heavy atom. The normalized spacial score (nSPS) is 9.65. The molecule has 0 amide bonds. The number of hydrogen-bond acceptors (Lipinski definition) is 3. The average Bonchev–Trinajstić information content (AvgIpc) is 2.29. The van der Waals surface area contributed by atoms with E-state index < -0.39 is 18.3 Å². The number of esters is 1. The fourth-order valence-electron chi connectivity index (χ4n) is 1.13. The van der Waals surface area contributed by atoms with Crippen LogP contribution in [-0.4, -0.2) is 30.2 Å². The van der Waals surface area contributed by atoms with Crippen molar-refractivity contribution in [2.75, 3.05) is 7.11 Å². The molecule has 1 rings (SSSR count). The van der Waals surface area contributed by atoms with Crippen molar-refractivity contribution in [2.45, 2.75) is 6.61 Å². The number of rotatable bonds is 4. The molecule has 0 atom stereocenters. The van der Waals surface area contributed by atoms with Gasteiger partial charge in [0.25, 0.3) is 0 Å². The lowest BCUT2D eigenvalue weighted by atomic mass is 10.1. The van der Waals surface area contributed by atoms with Gasteiger partial charge in [0.05, 0.1) is 12.7 Å². The summed E-state index contributed by atoms with van der Waals surface area (Å²) >= 11 is 0. The molecular weight excluding hydrogens is 234 g/mol. The Labute approximate surface area is 95.2 Å². The quantitative estimate of drug-likeness (QED) is 0.347. The van der Waals surface area contributed by atoms with Crippen molar-refractivity contribution in [2.24, 2.45) is 0 Å². The van der Waals surface area contributed by atoms with Crippen LogP contribution >= 0.6 is 0 Å². The molecule has 17 heavy (non-hydrogen) atoms. The summed E-state index contributed by atoms with van der Waals surface area (Å²) in [4.78, 5) is 13.9. The molecule has 0 radical (unpaired) electrons. The second-order valence-electron chi connectivity index (χ2n) is 2.85. The molecule has 0 N–H and O–H groups in total. The van der Waals surface area contributed by atoms with Crippen LogP contribution in [-0.2, 0) is 9.53 Å². The SMILES string of the molecule is COC(=O)C(=[N+]=[N-])c1cccc(OC(F)F)c1. The van der Waals surface area contributed by atoms with Crippen molar-refractivity contribution in [3.63, 3.8) is 0 Å². The second-order valence-corrected chi connectivity index (χ2v) is 2.85. The highest BCUT2D eigenvalue weighted by Crippen LogP contribution is 2.16. The number of methoxy groups -OCH3 is 1. The minimum atomic E-state index is -2.97. The molecule has 0 saturated heterocycles. The van der Waals surface area contributed by atoms with Gasteiger partial charge in [0.15, 0.2) is 0 Å². The molecule has 7 heteroatoms. The van der Waals surface area contributed by atoms with Crippen molar-refractivity contribution in [1.82, 2.24) is 0 Å². The lowest BCUT2D eigenvalue weighted by Gasteiger charge is -2.04. The third-order valence-electron chi connectivity index (χ3n) is 1.81. The first-order chi connectivity index (χ1) is 8.08. The summed E-state index contributed by atoms with van der Waals surface area (Å²) < 4.78 is 32.4. The number of alkyl halides is 2. The first kappa shape index (κ1) is 12.8. The largest absolute Gasteiger partial charge is 0.460 e. The molecule has 1 aromatic carbocycles. The topological polar surface area (TPSA) is 71.9 Å². The number of benzene rings is 1. The fourth-order valence-corrected chi connectivity index (χ4v) is 1.13. The van der Waals surface area contributed by atoms with Crippen molar-refractivity contribution in [3.05, 3.63) is 35.4 Å². The van der Waals surface area contributed by atoms with Crippen LogP contribution in [0.2, 0.25) is 0 Å². The Bertz CT molecular complexity index is 470. The average molecular weight is 242 g/mol. The summed E-state index contributed by atoms with van der Waals surface area (Å²) in [5.41, 5.74) is 8.36. The van der Waals surface area contributed by atoms with Crippen LogP contribution in [0.3, 0.4) is 0 Å². The standard InChI is InChI=1S/C10H8F2N2O3/c1-16-9(15)8(14-13)6-3-2-4-7(5-6)17-10(11)12/h2-5,10H,1H3. The summed E-state index contributed by atoms with van der Waals surface area (Å²) in [6, 6.07) is 5.19. The predicted octanol–water partition coefficient (Wildman–Crippen LogP) is 1.48. The molecule has 1 aromatic rings. The molecule has 0 bridgehead atoms.